The predicted octanol–water partition coefficient (Wildman–Crippen LogP) is 2.55. The number of aromatic nitrogens is 2. The minimum absolute atomic E-state index is 0.101. The molecule has 0 radical (unpaired) electrons. The Bertz CT molecular complexity index is 998. The largest absolute Gasteiger partial charge is 0.507 e. The van der Waals surface area contributed by atoms with Crippen molar-refractivity contribution in [1.29, 1.82) is 0 Å². The Morgan fingerprint density at radius 3 is 2.71 bits per heavy atom. The molecule has 2 unspecified atom stereocenters. The van der Waals surface area contributed by atoms with E-state index >= 15 is 4.39 Å². The van der Waals surface area contributed by atoms with Crippen molar-refractivity contribution in [1.82, 2.24) is 20.6 Å². The van der Waals surface area contributed by atoms with Crippen LogP contribution in [-0.4, -0.2) is 58.4 Å². The Kier molecular flexibility index (Phi) is 5.00. The number of alkyl halides is 1. The van der Waals surface area contributed by atoms with Gasteiger partial charge in [-0.25, -0.2) is 13.8 Å². The van der Waals surface area contributed by atoms with Crippen molar-refractivity contribution >= 4 is 11.7 Å². The molecule has 4 atom stereocenters. The number of phenols is 1. The molecule has 0 spiro atoms. The smallest absolute Gasteiger partial charge is 0.254 e. The summed E-state index contributed by atoms with van der Waals surface area (Å²) in [7, 11) is 1.39. The van der Waals surface area contributed by atoms with E-state index in [1.165, 1.54) is 13.2 Å². The molecule has 1 saturated carbocycles. The number of nitrogens with zero attached hydrogens (tertiary/aromatic N) is 3. The Morgan fingerprint density at radius 2 is 2.03 bits per heavy atom. The fraction of sp³-hybridized carbons (Fsp3) is 0.500. The van der Waals surface area contributed by atoms with Gasteiger partial charge in [0.1, 0.15) is 23.6 Å². The standard InChI is InChI=1S/C22H25F2N5O2/c1-25-22(31)13-8-19(30)14(7-15(13)23)17-9-27-20(10-26-17)29(12-3-4-12)18-6-11-2-5-16(28-11)21(18)24/h7-12,16,18,21,28,30H,2-6H2,1H3,(H,25,31)/t11?,16?,18-,21+/m1/s1. The van der Waals surface area contributed by atoms with Crippen LogP contribution in [0.3, 0.4) is 0 Å². The van der Waals surface area contributed by atoms with E-state index in [0.717, 1.165) is 44.2 Å². The first-order chi connectivity index (χ1) is 15.0. The van der Waals surface area contributed by atoms with Gasteiger partial charge in [0.25, 0.3) is 5.91 Å². The van der Waals surface area contributed by atoms with Crippen LogP contribution in [0.4, 0.5) is 14.6 Å². The number of amides is 1. The van der Waals surface area contributed by atoms with Crippen LogP contribution in [-0.2, 0) is 0 Å². The van der Waals surface area contributed by atoms with Crippen LogP contribution in [0.1, 0.15) is 42.5 Å². The molecule has 3 N–H and O–H groups in total. The highest BCUT2D eigenvalue weighted by Gasteiger charge is 2.48. The van der Waals surface area contributed by atoms with Crippen molar-refractivity contribution in [3.63, 3.8) is 0 Å². The zero-order chi connectivity index (χ0) is 21.7. The van der Waals surface area contributed by atoms with E-state index in [2.05, 4.69) is 25.5 Å². The molecule has 2 aromatic rings. The molecule has 3 fully saturated rings. The molecular weight excluding hydrogens is 404 g/mol. The molecule has 31 heavy (non-hydrogen) atoms. The van der Waals surface area contributed by atoms with Crippen LogP contribution in [0.2, 0.25) is 0 Å². The second-order valence-corrected chi connectivity index (χ2v) is 8.62. The van der Waals surface area contributed by atoms with Gasteiger partial charge in [0.05, 0.1) is 29.7 Å². The lowest BCUT2D eigenvalue weighted by Gasteiger charge is -2.41. The zero-order valence-corrected chi connectivity index (χ0v) is 17.2. The average Bonchev–Trinajstić information content (AvgIpc) is 3.53. The third-order valence-electron chi connectivity index (χ3n) is 6.59. The summed E-state index contributed by atoms with van der Waals surface area (Å²) in [6, 6.07) is 2.42. The van der Waals surface area contributed by atoms with Gasteiger partial charge in [-0.05, 0) is 44.2 Å². The lowest BCUT2D eigenvalue weighted by Crippen LogP contribution is -2.57. The van der Waals surface area contributed by atoms with Crippen molar-refractivity contribution in [3.8, 4) is 17.0 Å². The van der Waals surface area contributed by atoms with Gasteiger partial charge in [0, 0.05) is 30.7 Å². The van der Waals surface area contributed by atoms with Crippen LogP contribution < -0.4 is 15.5 Å². The Morgan fingerprint density at radius 1 is 1.23 bits per heavy atom. The maximum absolute atomic E-state index is 15.2. The van der Waals surface area contributed by atoms with Gasteiger partial charge < -0.3 is 20.6 Å². The number of anilines is 1. The van der Waals surface area contributed by atoms with Crippen LogP contribution in [0, 0.1) is 5.82 Å². The molecule has 3 aliphatic rings. The molecule has 1 amide bonds. The molecule has 5 rings (SSSR count). The van der Waals surface area contributed by atoms with Gasteiger partial charge in [-0.2, -0.15) is 0 Å². The summed E-state index contributed by atoms with van der Waals surface area (Å²) < 4.78 is 29.5. The fourth-order valence-corrected chi connectivity index (χ4v) is 4.89. The number of halogens is 2. The first-order valence-electron chi connectivity index (χ1n) is 10.7. The van der Waals surface area contributed by atoms with E-state index in [9.17, 15) is 14.3 Å². The van der Waals surface area contributed by atoms with Crippen molar-refractivity contribution in [2.75, 3.05) is 11.9 Å². The number of rotatable bonds is 5. The van der Waals surface area contributed by atoms with Gasteiger partial charge in [-0.3, -0.25) is 9.78 Å². The van der Waals surface area contributed by atoms with Gasteiger partial charge in [0.15, 0.2) is 0 Å². The van der Waals surface area contributed by atoms with E-state index in [0.29, 0.717) is 11.9 Å². The Hall–Kier alpha value is -2.81. The maximum Gasteiger partial charge on any atom is 0.254 e. The molecule has 164 valence electrons. The predicted molar refractivity (Wildman–Crippen MR) is 111 cm³/mol. The van der Waals surface area contributed by atoms with Crippen LogP contribution in [0.5, 0.6) is 5.75 Å². The molecule has 9 heteroatoms. The number of fused-ring (bicyclic) bond motifs is 2. The lowest BCUT2D eigenvalue weighted by atomic mass is 9.96. The lowest BCUT2D eigenvalue weighted by molar-refractivity contribution is 0.0958. The minimum atomic E-state index is -0.962. The summed E-state index contributed by atoms with van der Waals surface area (Å²) in [5.41, 5.74) is 0.176. The van der Waals surface area contributed by atoms with Gasteiger partial charge in [-0.1, -0.05) is 0 Å². The van der Waals surface area contributed by atoms with Crippen molar-refractivity contribution in [2.24, 2.45) is 0 Å². The van der Waals surface area contributed by atoms with E-state index < -0.39 is 17.9 Å². The van der Waals surface area contributed by atoms with Crippen LogP contribution in [0.15, 0.2) is 24.5 Å². The molecule has 1 aliphatic carbocycles. The van der Waals surface area contributed by atoms with E-state index in [-0.39, 0.29) is 40.7 Å². The number of aromatic hydroxyl groups is 1. The molecule has 1 aromatic heterocycles. The SMILES string of the molecule is CNC(=O)c1cc(O)c(-c2cnc(N(C3CC3)[C@@H]3CC4CCC(N4)[C@@H]3F)cn2)cc1F. The number of phenolic OH excluding ortho intramolecular Hbond substituents is 1. The summed E-state index contributed by atoms with van der Waals surface area (Å²) >= 11 is 0. The molecular formula is C22H25F2N5O2. The maximum atomic E-state index is 15.2. The Balaban J connectivity index is 1.43. The summed E-state index contributed by atoms with van der Waals surface area (Å²) in [6.45, 7) is 0. The molecule has 2 aliphatic heterocycles. The van der Waals surface area contributed by atoms with Crippen molar-refractivity contribution < 1.29 is 18.7 Å². The summed E-state index contributed by atoms with van der Waals surface area (Å²) in [6.07, 6.45) is 6.67. The monoisotopic (exact) mass is 429 g/mol. The highest BCUT2D eigenvalue weighted by atomic mass is 19.1. The van der Waals surface area contributed by atoms with Crippen LogP contribution in [0.25, 0.3) is 11.3 Å². The average molecular weight is 429 g/mol. The normalized spacial score (nSPS) is 27.2. The topological polar surface area (TPSA) is 90.4 Å². The summed E-state index contributed by atoms with van der Waals surface area (Å²) in [4.78, 5) is 22.7. The van der Waals surface area contributed by atoms with Crippen molar-refractivity contribution in [3.05, 3.63) is 35.9 Å². The number of carbonyl (C=O) groups excluding carboxylic acids is 1. The first kappa shape index (κ1) is 20.1. The number of nitrogens with one attached hydrogen (secondary N) is 2. The number of hydrogen-bond acceptors (Lipinski definition) is 6. The van der Waals surface area contributed by atoms with E-state index in [1.54, 1.807) is 6.20 Å². The third-order valence-corrected chi connectivity index (χ3v) is 6.59. The second kappa shape index (κ2) is 7.71. The quantitative estimate of drug-likeness (QED) is 0.677. The number of benzene rings is 1. The van der Waals surface area contributed by atoms with E-state index in [4.69, 9.17) is 0 Å². The van der Waals surface area contributed by atoms with Gasteiger partial charge >= 0.3 is 0 Å². The molecule has 3 heterocycles. The molecule has 7 nitrogen and oxygen atoms in total. The van der Waals surface area contributed by atoms with Gasteiger partial charge in [-0.15, -0.1) is 0 Å². The summed E-state index contributed by atoms with van der Waals surface area (Å²) in [5, 5.41) is 16.0. The zero-order valence-electron chi connectivity index (χ0n) is 17.2. The molecule has 2 bridgehead atoms. The van der Waals surface area contributed by atoms with E-state index in [1.807, 2.05) is 0 Å². The highest BCUT2D eigenvalue weighted by molar-refractivity contribution is 5.95. The number of hydrogen-bond donors (Lipinski definition) is 3. The minimum Gasteiger partial charge on any atom is -0.507 e. The second-order valence-electron chi connectivity index (χ2n) is 8.62. The number of piperidine rings is 1. The van der Waals surface area contributed by atoms with Gasteiger partial charge in [0.2, 0.25) is 0 Å². The summed E-state index contributed by atoms with van der Waals surface area (Å²) in [5.74, 6) is -1.05. The van der Waals surface area contributed by atoms with Crippen LogP contribution >= 0.6 is 0 Å². The molecule has 1 aromatic carbocycles. The fourth-order valence-electron chi connectivity index (χ4n) is 4.89. The highest BCUT2D eigenvalue weighted by Crippen LogP contribution is 2.40. The van der Waals surface area contributed by atoms with Crippen molar-refractivity contribution in [2.45, 2.75) is 62.4 Å². The first-order valence-corrected chi connectivity index (χ1v) is 10.7. The third kappa shape index (κ3) is 3.60. The number of carbonyl (C=O) groups is 1. The Labute approximate surface area is 178 Å². The molecule has 2 saturated heterocycles.